The molecular weight excluding hydrogens is 287 g/mol. The molecule has 0 unspecified atom stereocenters. The molecule has 3 aromatic rings. The van der Waals surface area contributed by atoms with Crippen LogP contribution in [-0.2, 0) is 6.54 Å². The van der Waals surface area contributed by atoms with Gasteiger partial charge in [0.25, 0.3) is 0 Å². The zero-order chi connectivity index (χ0) is 14.7. The SMILES string of the molecule is Fc1ccc(NC(=S)NCc2nc3ccccc3[nH]2)cc1. The number of nitrogens with one attached hydrogen (secondary N) is 3. The molecule has 3 N–H and O–H groups in total. The summed E-state index contributed by atoms with van der Waals surface area (Å²) in [4.78, 5) is 7.66. The van der Waals surface area contributed by atoms with Gasteiger partial charge in [-0.25, -0.2) is 9.37 Å². The van der Waals surface area contributed by atoms with Crippen molar-refractivity contribution in [2.75, 3.05) is 5.32 Å². The highest BCUT2D eigenvalue weighted by atomic mass is 32.1. The van der Waals surface area contributed by atoms with Gasteiger partial charge in [-0.2, -0.15) is 0 Å². The number of fused-ring (bicyclic) bond motifs is 1. The number of thiocarbonyl (C=S) groups is 1. The van der Waals surface area contributed by atoms with Crippen LogP contribution in [0.15, 0.2) is 48.5 Å². The van der Waals surface area contributed by atoms with Gasteiger partial charge >= 0.3 is 0 Å². The first-order valence-corrected chi connectivity index (χ1v) is 6.85. The van der Waals surface area contributed by atoms with Gasteiger partial charge in [-0.05, 0) is 48.6 Å². The number of para-hydroxylation sites is 2. The first-order valence-electron chi connectivity index (χ1n) is 6.45. The van der Waals surface area contributed by atoms with Crippen LogP contribution in [0.5, 0.6) is 0 Å². The number of imidazole rings is 1. The van der Waals surface area contributed by atoms with E-state index >= 15 is 0 Å². The fourth-order valence-electron chi connectivity index (χ4n) is 1.96. The lowest BCUT2D eigenvalue weighted by molar-refractivity contribution is 0.628. The Bertz CT molecular complexity index is 734. The predicted octanol–water partition coefficient (Wildman–Crippen LogP) is 3.19. The van der Waals surface area contributed by atoms with Gasteiger partial charge in [0.1, 0.15) is 11.6 Å². The molecule has 21 heavy (non-hydrogen) atoms. The van der Waals surface area contributed by atoms with Crippen molar-refractivity contribution < 1.29 is 4.39 Å². The zero-order valence-electron chi connectivity index (χ0n) is 11.1. The van der Waals surface area contributed by atoms with Gasteiger partial charge in [0.05, 0.1) is 17.6 Å². The van der Waals surface area contributed by atoms with Gasteiger partial charge in [0.15, 0.2) is 5.11 Å². The molecular formula is C15H13FN4S. The van der Waals surface area contributed by atoms with Gasteiger partial charge in [-0.3, -0.25) is 0 Å². The number of hydrogen-bond donors (Lipinski definition) is 3. The van der Waals surface area contributed by atoms with Gasteiger partial charge in [-0.1, -0.05) is 12.1 Å². The topological polar surface area (TPSA) is 52.7 Å². The van der Waals surface area contributed by atoms with E-state index in [1.165, 1.54) is 12.1 Å². The van der Waals surface area contributed by atoms with Crippen LogP contribution in [0.3, 0.4) is 0 Å². The summed E-state index contributed by atoms with van der Waals surface area (Å²) in [5.41, 5.74) is 2.65. The number of hydrogen-bond acceptors (Lipinski definition) is 2. The number of aromatic amines is 1. The van der Waals surface area contributed by atoms with Crippen LogP contribution in [0.25, 0.3) is 11.0 Å². The third kappa shape index (κ3) is 3.35. The van der Waals surface area contributed by atoms with Crippen LogP contribution in [0.1, 0.15) is 5.82 Å². The minimum absolute atomic E-state index is 0.276. The largest absolute Gasteiger partial charge is 0.355 e. The van der Waals surface area contributed by atoms with Crippen molar-refractivity contribution in [2.24, 2.45) is 0 Å². The highest BCUT2D eigenvalue weighted by molar-refractivity contribution is 7.80. The van der Waals surface area contributed by atoms with E-state index in [1.54, 1.807) is 12.1 Å². The van der Waals surface area contributed by atoms with Crippen LogP contribution in [-0.4, -0.2) is 15.1 Å². The third-order valence-corrected chi connectivity index (χ3v) is 3.20. The minimum atomic E-state index is -0.276. The number of H-pyrrole nitrogens is 1. The summed E-state index contributed by atoms with van der Waals surface area (Å²) in [7, 11) is 0. The van der Waals surface area contributed by atoms with Crippen LogP contribution >= 0.6 is 12.2 Å². The van der Waals surface area contributed by atoms with E-state index < -0.39 is 0 Å². The second-order valence-corrected chi connectivity index (χ2v) is 4.92. The molecule has 0 radical (unpaired) electrons. The van der Waals surface area contributed by atoms with Crippen LogP contribution in [0, 0.1) is 5.82 Å². The molecule has 2 aromatic carbocycles. The predicted molar refractivity (Wildman–Crippen MR) is 85.6 cm³/mol. The number of halogens is 1. The highest BCUT2D eigenvalue weighted by Gasteiger charge is 2.03. The number of aromatic nitrogens is 2. The summed E-state index contributed by atoms with van der Waals surface area (Å²) >= 11 is 5.19. The minimum Gasteiger partial charge on any atom is -0.355 e. The quantitative estimate of drug-likeness (QED) is 0.650. The van der Waals surface area contributed by atoms with E-state index in [4.69, 9.17) is 12.2 Å². The molecule has 0 atom stereocenters. The van der Waals surface area contributed by atoms with Crippen molar-refractivity contribution in [2.45, 2.75) is 6.54 Å². The molecule has 3 rings (SSSR count). The molecule has 0 fully saturated rings. The molecule has 1 heterocycles. The van der Waals surface area contributed by atoms with Gasteiger partial charge in [-0.15, -0.1) is 0 Å². The van der Waals surface area contributed by atoms with Crippen LogP contribution < -0.4 is 10.6 Å². The van der Waals surface area contributed by atoms with Gasteiger partial charge in [0.2, 0.25) is 0 Å². The third-order valence-electron chi connectivity index (χ3n) is 2.96. The monoisotopic (exact) mass is 300 g/mol. The average Bonchev–Trinajstić information content (AvgIpc) is 2.90. The molecule has 0 aliphatic rings. The standard InChI is InChI=1S/C15H13FN4S/c16-10-5-7-11(8-6-10)18-15(21)17-9-14-19-12-3-1-2-4-13(12)20-14/h1-8H,9H2,(H,19,20)(H2,17,18,21). The van der Waals surface area contributed by atoms with E-state index in [1.807, 2.05) is 24.3 Å². The maximum absolute atomic E-state index is 12.8. The fraction of sp³-hybridized carbons (Fsp3) is 0.0667. The normalized spacial score (nSPS) is 10.5. The fourth-order valence-corrected chi connectivity index (χ4v) is 2.15. The smallest absolute Gasteiger partial charge is 0.171 e. The Balaban J connectivity index is 1.59. The lowest BCUT2D eigenvalue weighted by Gasteiger charge is -2.09. The molecule has 0 bridgehead atoms. The van der Waals surface area contributed by atoms with E-state index in [0.717, 1.165) is 22.5 Å². The van der Waals surface area contributed by atoms with Crippen molar-refractivity contribution in [3.63, 3.8) is 0 Å². The molecule has 1 aromatic heterocycles. The first kappa shape index (κ1) is 13.5. The summed E-state index contributed by atoms with van der Waals surface area (Å²) in [5, 5.41) is 6.50. The Hall–Kier alpha value is -2.47. The number of nitrogens with zero attached hydrogens (tertiary/aromatic N) is 1. The lowest BCUT2D eigenvalue weighted by atomic mass is 10.3. The summed E-state index contributed by atoms with van der Waals surface area (Å²) in [6, 6.07) is 13.8. The number of rotatable bonds is 3. The molecule has 4 nitrogen and oxygen atoms in total. The summed E-state index contributed by atoms with van der Waals surface area (Å²) in [6.45, 7) is 0.488. The molecule has 0 saturated carbocycles. The molecule has 0 spiro atoms. The highest BCUT2D eigenvalue weighted by Crippen LogP contribution is 2.10. The second kappa shape index (κ2) is 5.88. The van der Waals surface area contributed by atoms with Crippen LogP contribution in [0.2, 0.25) is 0 Å². The van der Waals surface area contributed by atoms with E-state index in [2.05, 4.69) is 20.6 Å². The van der Waals surface area contributed by atoms with Crippen molar-refractivity contribution in [3.8, 4) is 0 Å². The molecule has 0 aliphatic heterocycles. The maximum Gasteiger partial charge on any atom is 0.171 e. The van der Waals surface area contributed by atoms with Gasteiger partial charge < -0.3 is 15.6 Å². The van der Waals surface area contributed by atoms with Crippen molar-refractivity contribution >= 4 is 34.1 Å². The zero-order valence-corrected chi connectivity index (χ0v) is 11.9. The Morgan fingerprint density at radius 3 is 2.67 bits per heavy atom. The lowest BCUT2D eigenvalue weighted by Crippen LogP contribution is -2.28. The molecule has 0 aliphatic carbocycles. The Morgan fingerprint density at radius 1 is 1.14 bits per heavy atom. The van der Waals surface area contributed by atoms with Crippen molar-refractivity contribution in [3.05, 3.63) is 60.2 Å². The van der Waals surface area contributed by atoms with E-state index in [-0.39, 0.29) is 5.82 Å². The molecule has 0 saturated heterocycles. The number of benzene rings is 2. The van der Waals surface area contributed by atoms with Crippen molar-refractivity contribution in [1.82, 2.24) is 15.3 Å². The summed E-state index contributed by atoms with van der Waals surface area (Å²) in [6.07, 6.45) is 0. The molecule has 6 heteroatoms. The van der Waals surface area contributed by atoms with E-state index in [9.17, 15) is 4.39 Å². The summed E-state index contributed by atoms with van der Waals surface area (Å²) in [5.74, 6) is 0.529. The first-order chi connectivity index (χ1) is 10.2. The Labute approximate surface area is 126 Å². The maximum atomic E-state index is 12.8. The van der Waals surface area contributed by atoms with E-state index in [0.29, 0.717) is 11.7 Å². The number of anilines is 1. The summed E-state index contributed by atoms with van der Waals surface area (Å²) < 4.78 is 12.8. The van der Waals surface area contributed by atoms with Crippen molar-refractivity contribution in [1.29, 1.82) is 0 Å². The molecule has 106 valence electrons. The van der Waals surface area contributed by atoms with Crippen LogP contribution in [0.4, 0.5) is 10.1 Å². The van der Waals surface area contributed by atoms with Gasteiger partial charge in [0, 0.05) is 5.69 Å². The average molecular weight is 300 g/mol. The molecule has 0 amide bonds. The second-order valence-electron chi connectivity index (χ2n) is 4.52. The Kier molecular flexibility index (Phi) is 3.79. The Morgan fingerprint density at radius 2 is 1.90 bits per heavy atom.